The van der Waals surface area contributed by atoms with Crippen LogP contribution in [0.25, 0.3) is 11.1 Å². The lowest BCUT2D eigenvalue weighted by Gasteiger charge is -2.59. The quantitative estimate of drug-likeness (QED) is 0.778. The Labute approximate surface area is 190 Å². The number of hydrogen-bond donors (Lipinski definition) is 2. The highest BCUT2D eigenvalue weighted by atomic mass is 16.2. The van der Waals surface area contributed by atoms with Crippen molar-refractivity contribution < 1.29 is 9.59 Å². The van der Waals surface area contributed by atoms with Crippen LogP contribution in [0.5, 0.6) is 0 Å². The topological polar surface area (TPSA) is 64.7 Å². The van der Waals surface area contributed by atoms with Gasteiger partial charge in [-0.05, 0) is 41.7 Å². The lowest BCUT2D eigenvalue weighted by atomic mass is 9.72. The van der Waals surface area contributed by atoms with Crippen molar-refractivity contribution in [3.8, 4) is 11.1 Å². The fourth-order valence-electron chi connectivity index (χ4n) is 5.63. The summed E-state index contributed by atoms with van der Waals surface area (Å²) < 4.78 is 0. The monoisotopic (exact) mass is 432 g/mol. The lowest BCUT2D eigenvalue weighted by molar-refractivity contribution is -0.00444. The van der Waals surface area contributed by atoms with Crippen molar-refractivity contribution in [1.29, 1.82) is 0 Å². The number of nitrogens with one attached hydrogen (secondary N) is 2. The van der Waals surface area contributed by atoms with E-state index in [0.29, 0.717) is 17.5 Å². The molecule has 2 aromatic carbocycles. The van der Waals surface area contributed by atoms with Crippen LogP contribution in [-0.2, 0) is 0 Å². The van der Waals surface area contributed by atoms with E-state index < -0.39 is 0 Å². The SMILES string of the molecule is CN(C)C(=O)c1cccc(-c2ccc(C3[C@H]4CNC[C@@H]3N4C(=O)NC3CCCC3)cc2)c1. The number of carbonyl (C=O) groups is 2. The number of nitrogens with zero attached hydrogens (tertiary/aromatic N) is 2. The molecular formula is C26H32N4O2. The van der Waals surface area contributed by atoms with Gasteiger partial charge in [0, 0.05) is 44.7 Å². The Morgan fingerprint density at radius 1 is 0.969 bits per heavy atom. The largest absolute Gasteiger partial charge is 0.345 e. The molecule has 1 aliphatic carbocycles. The van der Waals surface area contributed by atoms with Crippen LogP contribution in [0.3, 0.4) is 0 Å². The minimum Gasteiger partial charge on any atom is -0.345 e. The summed E-state index contributed by atoms with van der Waals surface area (Å²) in [6.07, 6.45) is 4.67. The molecule has 2 aromatic rings. The van der Waals surface area contributed by atoms with E-state index in [9.17, 15) is 9.59 Å². The molecule has 6 nitrogen and oxygen atoms in total. The summed E-state index contributed by atoms with van der Waals surface area (Å²) in [5.74, 6) is 0.385. The van der Waals surface area contributed by atoms with Crippen molar-refractivity contribution in [2.45, 2.75) is 49.7 Å². The van der Waals surface area contributed by atoms with E-state index in [2.05, 4.69) is 39.8 Å². The fraction of sp³-hybridized carbons (Fsp3) is 0.462. The van der Waals surface area contributed by atoms with Gasteiger partial charge in [0.05, 0.1) is 12.1 Å². The van der Waals surface area contributed by atoms with Crippen molar-refractivity contribution in [3.63, 3.8) is 0 Å². The van der Waals surface area contributed by atoms with Gasteiger partial charge in [-0.3, -0.25) is 4.79 Å². The number of piperidine rings is 1. The number of likely N-dealkylation sites (tertiary alicyclic amines) is 1. The summed E-state index contributed by atoms with van der Waals surface area (Å²) in [5.41, 5.74) is 4.12. The highest BCUT2D eigenvalue weighted by Gasteiger charge is 2.53. The van der Waals surface area contributed by atoms with Gasteiger partial charge >= 0.3 is 6.03 Å². The lowest BCUT2D eigenvalue weighted by Crippen LogP contribution is -2.75. The second kappa shape index (κ2) is 8.58. The minimum absolute atomic E-state index is 0.00855. The standard InChI is InChI=1S/C26H32N4O2/c1-29(2)25(31)20-7-5-6-19(14-20)17-10-12-18(13-11-17)24-22-15-27-16-23(24)30(22)26(32)28-21-8-3-4-9-21/h5-7,10-14,21-24,27H,3-4,8-9,15-16H2,1-2H3,(H,28,32)/t22-,23+,24?. The molecule has 32 heavy (non-hydrogen) atoms. The van der Waals surface area contributed by atoms with E-state index >= 15 is 0 Å². The van der Waals surface area contributed by atoms with Gasteiger partial charge < -0.3 is 20.4 Å². The molecule has 3 fully saturated rings. The van der Waals surface area contributed by atoms with Gasteiger partial charge in [-0.25, -0.2) is 4.79 Å². The Kier molecular flexibility index (Phi) is 5.64. The van der Waals surface area contributed by atoms with Crippen LogP contribution in [0.1, 0.15) is 47.5 Å². The van der Waals surface area contributed by atoms with Gasteiger partial charge in [-0.2, -0.15) is 0 Å². The predicted molar refractivity (Wildman–Crippen MR) is 126 cm³/mol. The van der Waals surface area contributed by atoms with E-state index in [1.165, 1.54) is 18.4 Å². The van der Waals surface area contributed by atoms with Gasteiger partial charge in [0.25, 0.3) is 5.91 Å². The molecule has 0 radical (unpaired) electrons. The number of piperazine rings is 1. The molecule has 2 N–H and O–H groups in total. The molecule has 3 amide bonds. The van der Waals surface area contributed by atoms with Crippen LogP contribution >= 0.6 is 0 Å². The Morgan fingerprint density at radius 3 is 2.31 bits per heavy atom. The number of benzene rings is 2. The predicted octanol–water partition coefficient (Wildman–Crippen LogP) is 3.45. The molecule has 2 bridgehead atoms. The molecule has 2 heterocycles. The summed E-state index contributed by atoms with van der Waals surface area (Å²) in [4.78, 5) is 28.9. The maximum Gasteiger partial charge on any atom is 0.318 e. The van der Waals surface area contributed by atoms with Crippen LogP contribution in [-0.4, -0.2) is 67.0 Å². The van der Waals surface area contributed by atoms with E-state index in [-0.39, 0.29) is 24.0 Å². The zero-order valence-electron chi connectivity index (χ0n) is 18.9. The second-order valence-electron chi connectivity index (χ2n) is 9.56. The first-order chi connectivity index (χ1) is 15.5. The normalized spacial score (nSPS) is 24.7. The Bertz CT molecular complexity index is 985. The van der Waals surface area contributed by atoms with Gasteiger partial charge in [0.15, 0.2) is 0 Å². The third-order valence-corrected chi connectivity index (χ3v) is 7.31. The zero-order chi connectivity index (χ0) is 22.2. The molecule has 1 unspecified atom stereocenters. The van der Waals surface area contributed by atoms with Crippen LogP contribution < -0.4 is 10.6 Å². The van der Waals surface area contributed by atoms with Crippen molar-refractivity contribution >= 4 is 11.9 Å². The Hall–Kier alpha value is -2.86. The van der Waals surface area contributed by atoms with Gasteiger partial charge in [-0.15, -0.1) is 0 Å². The summed E-state index contributed by atoms with van der Waals surface area (Å²) >= 11 is 0. The number of hydrogen-bond acceptors (Lipinski definition) is 3. The molecule has 6 heteroatoms. The van der Waals surface area contributed by atoms with Crippen LogP contribution in [0.4, 0.5) is 4.79 Å². The molecule has 3 aliphatic rings. The third-order valence-electron chi connectivity index (χ3n) is 7.31. The molecule has 2 saturated heterocycles. The fourth-order valence-corrected chi connectivity index (χ4v) is 5.63. The third kappa shape index (κ3) is 3.77. The Balaban J connectivity index is 1.30. The van der Waals surface area contributed by atoms with Crippen molar-refractivity contribution in [3.05, 3.63) is 59.7 Å². The molecule has 3 atom stereocenters. The maximum absolute atomic E-state index is 12.9. The van der Waals surface area contributed by atoms with E-state index in [1.807, 2.05) is 24.3 Å². The molecule has 0 spiro atoms. The highest BCUT2D eigenvalue weighted by molar-refractivity contribution is 5.95. The van der Waals surface area contributed by atoms with Gasteiger partial charge in [0.2, 0.25) is 0 Å². The molecule has 1 saturated carbocycles. The first-order valence-electron chi connectivity index (χ1n) is 11.7. The van der Waals surface area contributed by atoms with E-state index in [4.69, 9.17) is 0 Å². The molecule has 5 rings (SSSR count). The number of carbonyl (C=O) groups excluding carboxylic acids is 2. The smallest absolute Gasteiger partial charge is 0.318 e. The first kappa shape index (κ1) is 21.0. The number of fused-ring (bicyclic) bond motifs is 2. The van der Waals surface area contributed by atoms with Crippen LogP contribution in [0.2, 0.25) is 0 Å². The van der Waals surface area contributed by atoms with Crippen LogP contribution in [0, 0.1) is 0 Å². The second-order valence-corrected chi connectivity index (χ2v) is 9.56. The first-order valence-corrected chi connectivity index (χ1v) is 11.7. The zero-order valence-corrected chi connectivity index (χ0v) is 18.9. The van der Waals surface area contributed by atoms with Gasteiger partial charge in [-0.1, -0.05) is 49.2 Å². The summed E-state index contributed by atoms with van der Waals surface area (Å²) in [7, 11) is 3.54. The molecular weight excluding hydrogens is 400 g/mol. The minimum atomic E-state index is 0.00855. The van der Waals surface area contributed by atoms with Crippen molar-refractivity contribution in [2.75, 3.05) is 27.2 Å². The molecule has 168 valence electrons. The van der Waals surface area contributed by atoms with Gasteiger partial charge in [0.1, 0.15) is 0 Å². The summed E-state index contributed by atoms with van der Waals surface area (Å²) in [6, 6.07) is 17.3. The molecule has 2 aliphatic heterocycles. The summed E-state index contributed by atoms with van der Waals surface area (Å²) in [6.45, 7) is 1.69. The van der Waals surface area contributed by atoms with E-state index in [1.54, 1.807) is 19.0 Å². The highest BCUT2D eigenvalue weighted by Crippen LogP contribution is 2.43. The Morgan fingerprint density at radius 2 is 1.66 bits per heavy atom. The summed E-state index contributed by atoms with van der Waals surface area (Å²) in [5, 5.41) is 6.73. The number of amides is 3. The van der Waals surface area contributed by atoms with Crippen molar-refractivity contribution in [1.82, 2.24) is 20.4 Å². The number of rotatable bonds is 4. The average molecular weight is 433 g/mol. The number of urea groups is 1. The van der Waals surface area contributed by atoms with Crippen LogP contribution in [0.15, 0.2) is 48.5 Å². The molecule has 0 aromatic heterocycles. The average Bonchev–Trinajstić information content (AvgIpc) is 3.32. The maximum atomic E-state index is 12.9. The van der Waals surface area contributed by atoms with Crippen molar-refractivity contribution in [2.24, 2.45) is 0 Å². The van der Waals surface area contributed by atoms with E-state index in [0.717, 1.165) is 37.1 Å².